The van der Waals surface area contributed by atoms with Crippen LogP contribution in [0.25, 0.3) is 0 Å². The van der Waals surface area contributed by atoms with Gasteiger partial charge in [-0.1, -0.05) is 12.1 Å². The average Bonchev–Trinajstić information content (AvgIpc) is 3.68. The van der Waals surface area contributed by atoms with E-state index in [1.807, 2.05) is 25.3 Å². The lowest BCUT2D eigenvalue weighted by molar-refractivity contribution is 0.0735. The summed E-state index contributed by atoms with van der Waals surface area (Å²) in [5.41, 5.74) is 2.90. The Morgan fingerprint density at radius 2 is 1.88 bits per heavy atom. The van der Waals surface area contributed by atoms with Crippen molar-refractivity contribution in [2.75, 3.05) is 36.2 Å². The van der Waals surface area contributed by atoms with Crippen LogP contribution < -0.4 is 14.9 Å². The van der Waals surface area contributed by atoms with Gasteiger partial charge < -0.3 is 15.5 Å². The summed E-state index contributed by atoms with van der Waals surface area (Å²) in [5, 5.41) is 9.13. The van der Waals surface area contributed by atoms with Gasteiger partial charge in [-0.3, -0.25) is 13.9 Å². The number of nitrogens with zero attached hydrogens (tertiary/aromatic N) is 3. The summed E-state index contributed by atoms with van der Waals surface area (Å²) in [5.74, 6) is -0.597. The van der Waals surface area contributed by atoms with Gasteiger partial charge >= 0.3 is 0 Å². The number of amides is 2. The van der Waals surface area contributed by atoms with Crippen molar-refractivity contribution in [1.29, 1.82) is 0 Å². The Bertz CT molecular complexity index is 1560. The van der Waals surface area contributed by atoms with E-state index >= 15 is 0 Å². The number of thiazole rings is 1. The fourth-order valence-corrected chi connectivity index (χ4v) is 8.05. The van der Waals surface area contributed by atoms with Crippen molar-refractivity contribution in [3.63, 3.8) is 0 Å². The van der Waals surface area contributed by atoms with E-state index in [1.54, 1.807) is 40.5 Å². The minimum absolute atomic E-state index is 0.0681. The van der Waals surface area contributed by atoms with Crippen LogP contribution in [-0.4, -0.2) is 68.1 Å². The van der Waals surface area contributed by atoms with Crippen LogP contribution in [0.4, 0.5) is 10.1 Å². The number of carbonyl (C=O) groups is 2. The van der Waals surface area contributed by atoms with Gasteiger partial charge in [0, 0.05) is 47.9 Å². The van der Waals surface area contributed by atoms with Crippen LogP contribution in [0, 0.1) is 19.7 Å². The first-order chi connectivity index (χ1) is 20.6. The third kappa shape index (κ3) is 7.60. The molecule has 0 aliphatic carbocycles. The summed E-state index contributed by atoms with van der Waals surface area (Å²) in [6.45, 7) is 6.28. The highest BCUT2D eigenvalue weighted by atomic mass is 32.2. The molecule has 43 heavy (non-hydrogen) atoms. The van der Waals surface area contributed by atoms with E-state index in [-0.39, 0.29) is 29.4 Å². The molecule has 2 N–H and O–H groups in total. The van der Waals surface area contributed by atoms with Gasteiger partial charge in [-0.15, -0.1) is 11.3 Å². The maximum absolute atomic E-state index is 13.7. The number of aryl methyl sites for hydroxylation is 2. The first-order valence-corrected chi connectivity index (χ1v) is 17.2. The number of anilines is 1. The van der Waals surface area contributed by atoms with Crippen LogP contribution in [-0.2, 0) is 10.0 Å². The van der Waals surface area contributed by atoms with Crippen molar-refractivity contribution in [3.8, 4) is 0 Å². The number of nitrogens with one attached hydrogen (secondary N) is 2. The quantitative estimate of drug-likeness (QED) is 0.397. The second-order valence-electron chi connectivity index (χ2n) is 11.3. The fraction of sp³-hybridized carbons (Fsp3) is 0.452. The van der Waals surface area contributed by atoms with E-state index in [0.29, 0.717) is 48.9 Å². The monoisotopic (exact) mass is 627 g/mol. The molecule has 3 saturated heterocycles. The van der Waals surface area contributed by atoms with Crippen LogP contribution in [0.2, 0.25) is 0 Å². The van der Waals surface area contributed by atoms with Crippen molar-refractivity contribution < 1.29 is 22.4 Å². The zero-order chi connectivity index (χ0) is 30.6. The lowest BCUT2D eigenvalue weighted by Gasteiger charge is -2.27. The molecular formula is C31H38FN5O4S2. The van der Waals surface area contributed by atoms with Crippen molar-refractivity contribution >= 4 is 38.9 Å². The summed E-state index contributed by atoms with van der Waals surface area (Å²) in [6.07, 6.45) is 4.17. The Morgan fingerprint density at radius 3 is 2.49 bits per heavy atom. The lowest BCUT2D eigenvalue weighted by atomic mass is 10.0. The van der Waals surface area contributed by atoms with Crippen LogP contribution in [0.3, 0.4) is 0 Å². The number of likely N-dealkylation sites (tertiary alicyclic amines) is 1. The SMILES string of the molecule is Cc1cccc(F)c1.Cc1csc(C2CCCN2C(=O)c2cc(C(=O)NCCC3CCN3)cc(N3CCCS3(=O)=O)c2)n1. The van der Waals surface area contributed by atoms with E-state index < -0.39 is 10.0 Å². The molecule has 2 unspecified atom stereocenters. The molecule has 0 bridgehead atoms. The maximum Gasteiger partial charge on any atom is 0.254 e. The predicted octanol–water partition coefficient (Wildman–Crippen LogP) is 4.58. The molecule has 0 spiro atoms. The van der Waals surface area contributed by atoms with Gasteiger partial charge in [0.25, 0.3) is 11.8 Å². The number of hydrogen-bond donors (Lipinski definition) is 2. The molecule has 2 amide bonds. The van der Waals surface area contributed by atoms with Gasteiger partial charge in [0.1, 0.15) is 10.8 Å². The molecule has 12 heteroatoms. The summed E-state index contributed by atoms with van der Waals surface area (Å²) < 4.78 is 38.7. The highest BCUT2D eigenvalue weighted by molar-refractivity contribution is 7.93. The number of benzene rings is 2. The predicted molar refractivity (Wildman–Crippen MR) is 167 cm³/mol. The Morgan fingerprint density at radius 1 is 1.09 bits per heavy atom. The van der Waals surface area contributed by atoms with E-state index in [4.69, 9.17) is 0 Å². The first-order valence-electron chi connectivity index (χ1n) is 14.7. The van der Waals surface area contributed by atoms with Gasteiger partial charge in [0.15, 0.2) is 0 Å². The lowest BCUT2D eigenvalue weighted by Crippen LogP contribution is -2.44. The fourth-order valence-electron chi connectivity index (χ4n) is 5.56. The molecule has 3 aliphatic heterocycles. The highest BCUT2D eigenvalue weighted by Gasteiger charge is 2.34. The number of hydrogen-bond acceptors (Lipinski definition) is 7. The van der Waals surface area contributed by atoms with E-state index in [1.165, 1.54) is 16.4 Å². The maximum atomic E-state index is 13.7. The second-order valence-corrected chi connectivity index (χ2v) is 14.2. The van der Waals surface area contributed by atoms with Crippen molar-refractivity contribution in [2.24, 2.45) is 0 Å². The molecule has 3 fully saturated rings. The largest absolute Gasteiger partial charge is 0.352 e. The second kappa shape index (κ2) is 13.5. The Balaban J connectivity index is 0.000000400. The van der Waals surface area contributed by atoms with Crippen molar-refractivity contribution in [2.45, 2.75) is 58.0 Å². The third-order valence-electron chi connectivity index (χ3n) is 7.93. The molecule has 2 aromatic carbocycles. The minimum Gasteiger partial charge on any atom is -0.352 e. The number of rotatable bonds is 7. The molecule has 0 saturated carbocycles. The molecule has 6 rings (SSSR count). The van der Waals surface area contributed by atoms with Gasteiger partial charge in [-0.05, 0) is 88.4 Å². The topological polar surface area (TPSA) is 112 Å². The summed E-state index contributed by atoms with van der Waals surface area (Å²) in [7, 11) is -3.46. The molecule has 4 heterocycles. The third-order valence-corrected chi connectivity index (χ3v) is 10.9. The highest BCUT2D eigenvalue weighted by Crippen LogP contribution is 2.36. The zero-order valence-corrected chi connectivity index (χ0v) is 26.1. The molecule has 3 aliphatic rings. The molecular weight excluding hydrogens is 590 g/mol. The molecule has 230 valence electrons. The number of sulfonamides is 1. The van der Waals surface area contributed by atoms with Crippen LogP contribution >= 0.6 is 11.3 Å². The Labute approximate surface area is 256 Å². The Kier molecular flexibility index (Phi) is 9.78. The smallest absolute Gasteiger partial charge is 0.254 e. The van der Waals surface area contributed by atoms with Gasteiger partial charge in [-0.25, -0.2) is 17.8 Å². The minimum atomic E-state index is -3.46. The zero-order valence-electron chi connectivity index (χ0n) is 24.5. The number of carbonyl (C=O) groups excluding carboxylic acids is 2. The van der Waals surface area contributed by atoms with Crippen molar-refractivity contribution in [3.05, 3.63) is 81.1 Å². The normalized spacial score (nSPS) is 20.7. The summed E-state index contributed by atoms with van der Waals surface area (Å²) in [6, 6.07) is 11.6. The molecule has 0 radical (unpaired) electrons. The molecule has 2 atom stereocenters. The summed E-state index contributed by atoms with van der Waals surface area (Å²) in [4.78, 5) is 33.1. The van der Waals surface area contributed by atoms with Gasteiger partial charge in [-0.2, -0.15) is 0 Å². The van der Waals surface area contributed by atoms with Gasteiger partial charge in [0.05, 0.1) is 17.5 Å². The van der Waals surface area contributed by atoms with E-state index in [0.717, 1.165) is 48.5 Å². The summed E-state index contributed by atoms with van der Waals surface area (Å²) >= 11 is 1.55. The number of halogens is 1. The van der Waals surface area contributed by atoms with Crippen LogP contribution in [0.5, 0.6) is 0 Å². The number of aromatic nitrogens is 1. The van der Waals surface area contributed by atoms with Crippen LogP contribution in [0.15, 0.2) is 47.8 Å². The van der Waals surface area contributed by atoms with Gasteiger partial charge in [0.2, 0.25) is 10.0 Å². The average molecular weight is 628 g/mol. The van der Waals surface area contributed by atoms with Crippen molar-refractivity contribution in [1.82, 2.24) is 20.5 Å². The molecule has 3 aromatic rings. The molecule has 9 nitrogen and oxygen atoms in total. The van der Waals surface area contributed by atoms with E-state index in [2.05, 4.69) is 15.6 Å². The molecule has 1 aromatic heterocycles. The standard InChI is InChI=1S/C24H31N5O4S2.C7H7F/c1-16-15-34-23(27-16)21-4-2-9-28(21)24(31)18-12-17(22(30)26-8-6-19-5-7-25-19)13-20(14-18)29-10-3-11-35(29,32)33;1-6-3-2-4-7(8)5-6/h12-15,19,21,25H,2-11H2,1H3,(H,26,30);2-5H,1H3. The Hall–Kier alpha value is -3.35. The first kappa shape index (κ1) is 31.1. The van der Waals surface area contributed by atoms with Crippen LogP contribution in [0.1, 0.15) is 75.1 Å². The van der Waals surface area contributed by atoms with E-state index in [9.17, 15) is 22.4 Å².